The third-order valence-corrected chi connectivity index (χ3v) is 3.61. The summed E-state index contributed by atoms with van der Waals surface area (Å²) in [4.78, 5) is 11.8. The van der Waals surface area contributed by atoms with E-state index < -0.39 is 0 Å². The van der Waals surface area contributed by atoms with Crippen LogP contribution in [0.25, 0.3) is 0 Å². The van der Waals surface area contributed by atoms with E-state index in [4.69, 9.17) is 0 Å². The van der Waals surface area contributed by atoms with Crippen molar-refractivity contribution in [3.8, 4) is 0 Å². The van der Waals surface area contributed by atoms with E-state index in [1.165, 1.54) is 18.4 Å². The van der Waals surface area contributed by atoms with Gasteiger partial charge in [-0.1, -0.05) is 36.6 Å². The third-order valence-electron chi connectivity index (χ3n) is 3.61. The van der Waals surface area contributed by atoms with E-state index in [0.717, 1.165) is 19.3 Å². The zero-order valence-corrected chi connectivity index (χ0v) is 10.2. The first kappa shape index (κ1) is 12.4. The SMILES string of the molecule is O=C(NCCC1=CC=CC(O)C1)C1CCCC1. The number of carbonyl (C=O) groups excluding carboxylic acids is 1. The van der Waals surface area contributed by atoms with Gasteiger partial charge < -0.3 is 10.4 Å². The van der Waals surface area contributed by atoms with Crippen LogP contribution in [0.5, 0.6) is 0 Å². The van der Waals surface area contributed by atoms with E-state index in [2.05, 4.69) is 5.32 Å². The number of amides is 1. The van der Waals surface area contributed by atoms with Gasteiger partial charge in [-0.2, -0.15) is 0 Å². The molecule has 0 heterocycles. The average Bonchev–Trinajstić information content (AvgIpc) is 2.82. The number of hydrogen-bond acceptors (Lipinski definition) is 2. The Morgan fingerprint density at radius 3 is 2.88 bits per heavy atom. The predicted molar refractivity (Wildman–Crippen MR) is 67.4 cm³/mol. The molecule has 0 spiro atoms. The van der Waals surface area contributed by atoms with Crippen molar-refractivity contribution in [1.82, 2.24) is 5.32 Å². The lowest BCUT2D eigenvalue weighted by atomic mass is 10.00. The van der Waals surface area contributed by atoms with Crippen LogP contribution in [0.15, 0.2) is 23.8 Å². The number of aliphatic hydroxyl groups is 1. The van der Waals surface area contributed by atoms with Gasteiger partial charge in [-0.3, -0.25) is 4.79 Å². The van der Waals surface area contributed by atoms with Crippen molar-refractivity contribution in [2.24, 2.45) is 5.92 Å². The normalized spacial score (nSPS) is 24.8. The minimum absolute atomic E-state index is 0.218. The fraction of sp³-hybridized carbons (Fsp3) is 0.643. The number of nitrogens with one attached hydrogen (secondary N) is 1. The number of allylic oxidation sites excluding steroid dienone is 2. The maximum absolute atomic E-state index is 11.8. The van der Waals surface area contributed by atoms with Gasteiger partial charge in [0.15, 0.2) is 0 Å². The monoisotopic (exact) mass is 235 g/mol. The summed E-state index contributed by atoms with van der Waals surface area (Å²) >= 11 is 0. The Morgan fingerprint density at radius 2 is 2.18 bits per heavy atom. The molecule has 0 aromatic carbocycles. The number of carbonyl (C=O) groups is 1. The molecule has 1 amide bonds. The highest BCUT2D eigenvalue weighted by Gasteiger charge is 2.22. The van der Waals surface area contributed by atoms with Crippen molar-refractivity contribution in [3.05, 3.63) is 23.8 Å². The lowest BCUT2D eigenvalue weighted by Gasteiger charge is -2.15. The first-order chi connectivity index (χ1) is 8.25. The molecule has 2 N–H and O–H groups in total. The second-order valence-corrected chi connectivity index (χ2v) is 5.00. The minimum Gasteiger partial charge on any atom is -0.389 e. The van der Waals surface area contributed by atoms with Crippen LogP contribution in [0.4, 0.5) is 0 Å². The Bertz CT molecular complexity index is 327. The van der Waals surface area contributed by atoms with E-state index >= 15 is 0 Å². The molecule has 3 heteroatoms. The van der Waals surface area contributed by atoms with Crippen LogP contribution in [0, 0.1) is 5.92 Å². The summed E-state index contributed by atoms with van der Waals surface area (Å²) in [5.74, 6) is 0.468. The van der Waals surface area contributed by atoms with Crippen molar-refractivity contribution < 1.29 is 9.90 Å². The molecule has 1 unspecified atom stereocenters. The van der Waals surface area contributed by atoms with Crippen molar-refractivity contribution in [2.75, 3.05) is 6.54 Å². The molecule has 17 heavy (non-hydrogen) atoms. The van der Waals surface area contributed by atoms with E-state index in [0.29, 0.717) is 13.0 Å². The minimum atomic E-state index is -0.347. The molecule has 0 bridgehead atoms. The van der Waals surface area contributed by atoms with Gasteiger partial charge >= 0.3 is 0 Å². The van der Waals surface area contributed by atoms with Gasteiger partial charge in [-0.25, -0.2) is 0 Å². The first-order valence-electron chi connectivity index (χ1n) is 6.58. The molecule has 1 fully saturated rings. The maximum Gasteiger partial charge on any atom is 0.223 e. The molecule has 0 aromatic rings. The van der Waals surface area contributed by atoms with Crippen LogP contribution in [-0.4, -0.2) is 23.7 Å². The lowest BCUT2D eigenvalue weighted by molar-refractivity contribution is -0.124. The Labute approximate surface area is 103 Å². The maximum atomic E-state index is 11.8. The van der Waals surface area contributed by atoms with Crippen molar-refractivity contribution in [1.29, 1.82) is 0 Å². The fourth-order valence-corrected chi connectivity index (χ4v) is 2.59. The van der Waals surface area contributed by atoms with Gasteiger partial charge in [-0.15, -0.1) is 0 Å². The van der Waals surface area contributed by atoms with Crippen molar-refractivity contribution >= 4 is 5.91 Å². The number of rotatable bonds is 4. The van der Waals surface area contributed by atoms with Crippen LogP contribution in [0.3, 0.4) is 0 Å². The highest BCUT2D eigenvalue weighted by molar-refractivity contribution is 5.78. The molecule has 0 saturated heterocycles. The van der Waals surface area contributed by atoms with E-state index in [9.17, 15) is 9.90 Å². The molecule has 94 valence electrons. The molecule has 0 radical (unpaired) electrons. The number of hydrogen-bond donors (Lipinski definition) is 2. The second-order valence-electron chi connectivity index (χ2n) is 5.00. The molecule has 2 rings (SSSR count). The summed E-state index contributed by atoms with van der Waals surface area (Å²) in [6.07, 6.45) is 11.4. The van der Waals surface area contributed by atoms with Gasteiger partial charge in [-0.05, 0) is 25.7 Å². The molecule has 3 nitrogen and oxygen atoms in total. The number of aliphatic hydroxyl groups excluding tert-OH is 1. The zero-order valence-electron chi connectivity index (χ0n) is 10.2. The molecule has 1 atom stereocenters. The first-order valence-corrected chi connectivity index (χ1v) is 6.58. The van der Waals surface area contributed by atoms with Gasteiger partial charge in [0.05, 0.1) is 6.10 Å². The highest BCUT2D eigenvalue weighted by Crippen LogP contribution is 2.24. The quantitative estimate of drug-likeness (QED) is 0.782. The van der Waals surface area contributed by atoms with Gasteiger partial charge in [0.2, 0.25) is 5.91 Å². The van der Waals surface area contributed by atoms with Crippen LogP contribution >= 0.6 is 0 Å². The summed E-state index contributed by atoms with van der Waals surface area (Å²) in [6, 6.07) is 0. The molecule has 2 aliphatic rings. The van der Waals surface area contributed by atoms with Crippen LogP contribution in [-0.2, 0) is 4.79 Å². The Morgan fingerprint density at radius 1 is 1.41 bits per heavy atom. The largest absolute Gasteiger partial charge is 0.389 e. The van der Waals surface area contributed by atoms with Crippen LogP contribution in [0.2, 0.25) is 0 Å². The molecular weight excluding hydrogens is 214 g/mol. The molecule has 0 aromatic heterocycles. The summed E-state index contributed by atoms with van der Waals surface area (Å²) < 4.78 is 0. The Hall–Kier alpha value is -1.09. The molecule has 2 aliphatic carbocycles. The second kappa shape index (κ2) is 6.01. The van der Waals surface area contributed by atoms with Gasteiger partial charge in [0, 0.05) is 12.5 Å². The third kappa shape index (κ3) is 3.70. The molecule has 0 aliphatic heterocycles. The van der Waals surface area contributed by atoms with Crippen molar-refractivity contribution in [2.45, 2.75) is 44.6 Å². The van der Waals surface area contributed by atoms with Crippen LogP contribution < -0.4 is 5.32 Å². The Balaban J connectivity index is 1.67. The standard InChI is InChI=1S/C14H21NO2/c16-13-7-3-4-11(10-13)8-9-15-14(17)12-5-1-2-6-12/h3-4,7,12-13,16H,1-2,5-6,8-10H2,(H,15,17). The van der Waals surface area contributed by atoms with Crippen LogP contribution in [0.1, 0.15) is 38.5 Å². The van der Waals surface area contributed by atoms with Crippen molar-refractivity contribution in [3.63, 3.8) is 0 Å². The topological polar surface area (TPSA) is 49.3 Å². The summed E-state index contributed by atoms with van der Waals surface area (Å²) in [5, 5.41) is 12.4. The highest BCUT2D eigenvalue weighted by atomic mass is 16.3. The average molecular weight is 235 g/mol. The van der Waals surface area contributed by atoms with Gasteiger partial charge in [0.1, 0.15) is 0 Å². The van der Waals surface area contributed by atoms with Gasteiger partial charge in [0.25, 0.3) is 0 Å². The summed E-state index contributed by atoms with van der Waals surface area (Å²) in [5.41, 5.74) is 1.21. The zero-order chi connectivity index (χ0) is 12.1. The summed E-state index contributed by atoms with van der Waals surface area (Å²) in [7, 11) is 0. The summed E-state index contributed by atoms with van der Waals surface area (Å²) in [6.45, 7) is 0.696. The van der Waals surface area contributed by atoms with E-state index in [1.54, 1.807) is 6.08 Å². The Kier molecular flexibility index (Phi) is 4.37. The molecular formula is C14H21NO2. The smallest absolute Gasteiger partial charge is 0.223 e. The predicted octanol–water partition coefficient (Wildman–Crippen LogP) is 1.93. The fourth-order valence-electron chi connectivity index (χ4n) is 2.59. The van der Waals surface area contributed by atoms with E-state index in [-0.39, 0.29) is 17.9 Å². The van der Waals surface area contributed by atoms with E-state index in [1.807, 2.05) is 12.2 Å². The lowest BCUT2D eigenvalue weighted by Crippen LogP contribution is -2.30. The molecule has 1 saturated carbocycles.